The van der Waals surface area contributed by atoms with Crippen molar-refractivity contribution in [1.29, 1.82) is 0 Å². The van der Waals surface area contributed by atoms with E-state index in [-0.39, 0.29) is 12.2 Å². The zero-order valence-electron chi connectivity index (χ0n) is 14.0. The number of hydrogen-bond donors (Lipinski definition) is 0. The average molecular weight is 332 g/mol. The Balaban J connectivity index is 1.66. The van der Waals surface area contributed by atoms with Gasteiger partial charge in [0, 0.05) is 5.56 Å². The predicted molar refractivity (Wildman–Crippen MR) is 96.3 cm³/mol. The fourth-order valence-corrected chi connectivity index (χ4v) is 3.15. The molecule has 0 saturated carbocycles. The maximum Gasteiger partial charge on any atom is 0.185 e. The molecule has 0 aliphatic carbocycles. The highest BCUT2D eigenvalue weighted by Gasteiger charge is 2.38. The van der Waals surface area contributed by atoms with E-state index in [1.54, 1.807) is 7.11 Å². The molecule has 0 aromatic heterocycles. The largest absolute Gasteiger partial charge is 0.497 e. The van der Waals surface area contributed by atoms with Gasteiger partial charge < -0.3 is 14.2 Å². The van der Waals surface area contributed by atoms with Crippen LogP contribution in [0.2, 0.25) is 0 Å². The maximum absolute atomic E-state index is 6.31. The van der Waals surface area contributed by atoms with E-state index in [9.17, 15) is 0 Å². The van der Waals surface area contributed by atoms with Gasteiger partial charge in [0.1, 0.15) is 18.0 Å². The van der Waals surface area contributed by atoms with E-state index in [1.165, 1.54) is 0 Å². The fraction of sp³-hybridized carbons (Fsp3) is 0.182. The highest BCUT2D eigenvalue weighted by atomic mass is 16.7. The second kappa shape index (κ2) is 7.09. The minimum absolute atomic E-state index is 0.143. The van der Waals surface area contributed by atoms with E-state index in [4.69, 9.17) is 14.2 Å². The molecule has 0 bridgehead atoms. The summed E-state index contributed by atoms with van der Waals surface area (Å²) in [5.74, 6) is 0.820. The van der Waals surface area contributed by atoms with Crippen molar-refractivity contribution in [2.24, 2.45) is 0 Å². The summed E-state index contributed by atoms with van der Waals surface area (Å²) in [6, 6.07) is 28.3. The highest BCUT2D eigenvalue weighted by Crippen LogP contribution is 2.47. The van der Waals surface area contributed by atoms with Crippen LogP contribution < -0.4 is 4.74 Å². The predicted octanol–water partition coefficient (Wildman–Crippen LogP) is 5.22. The zero-order chi connectivity index (χ0) is 17.1. The third kappa shape index (κ3) is 3.29. The average Bonchev–Trinajstić information content (AvgIpc) is 3.15. The van der Waals surface area contributed by atoms with Crippen LogP contribution in [0.25, 0.3) is 0 Å². The Hall–Kier alpha value is -2.62. The van der Waals surface area contributed by atoms with Gasteiger partial charge in [-0.25, -0.2) is 0 Å². The Morgan fingerprint density at radius 3 is 1.52 bits per heavy atom. The Labute approximate surface area is 147 Å². The van der Waals surface area contributed by atoms with Crippen molar-refractivity contribution in [2.45, 2.75) is 18.5 Å². The number of methoxy groups -OCH3 is 1. The van der Waals surface area contributed by atoms with Gasteiger partial charge in [0.15, 0.2) is 6.29 Å². The molecule has 1 saturated heterocycles. The van der Waals surface area contributed by atoms with Crippen molar-refractivity contribution in [2.75, 3.05) is 7.11 Å². The Kier molecular flexibility index (Phi) is 4.51. The van der Waals surface area contributed by atoms with Crippen LogP contribution >= 0.6 is 0 Å². The van der Waals surface area contributed by atoms with Gasteiger partial charge in [-0.2, -0.15) is 0 Å². The summed E-state index contributed by atoms with van der Waals surface area (Å²) in [4.78, 5) is 0. The zero-order valence-corrected chi connectivity index (χ0v) is 14.0. The molecule has 0 radical (unpaired) electrons. The molecule has 1 heterocycles. The number of benzene rings is 3. The molecule has 1 aliphatic heterocycles. The Morgan fingerprint density at radius 1 is 0.600 bits per heavy atom. The van der Waals surface area contributed by atoms with Crippen LogP contribution in [0.1, 0.15) is 35.2 Å². The normalized spacial score (nSPS) is 22.7. The fourth-order valence-electron chi connectivity index (χ4n) is 3.15. The summed E-state index contributed by atoms with van der Waals surface area (Å²) < 4.78 is 17.9. The Morgan fingerprint density at radius 2 is 1.08 bits per heavy atom. The summed E-state index contributed by atoms with van der Waals surface area (Å²) >= 11 is 0. The smallest absolute Gasteiger partial charge is 0.185 e. The second-order valence-electron chi connectivity index (χ2n) is 6.04. The lowest BCUT2D eigenvalue weighted by Gasteiger charge is -2.17. The summed E-state index contributed by atoms with van der Waals surface area (Å²) in [6.45, 7) is 0. The minimum atomic E-state index is -0.402. The van der Waals surface area contributed by atoms with Crippen molar-refractivity contribution in [3.63, 3.8) is 0 Å². The molecule has 25 heavy (non-hydrogen) atoms. The monoisotopic (exact) mass is 332 g/mol. The molecule has 3 heteroatoms. The van der Waals surface area contributed by atoms with Crippen LogP contribution in [0.15, 0.2) is 84.9 Å². The van der Waals surface area contributed by atoms with Crippen LogP contribution in [0.5, 0.6) is 5.75 Å². The molecule has 1 unspecified atom stereocenters. The first-order chi connectivity index (χ1) is 12.3. The summed E-state index contributed by atoms with van der Waals surface area (Å²) in [5, 5.41) is 0. The minimum Gasteiger partial charge on any atom is -0.497 e. The van der Waals surface area contributed by atoms with Gasteiger partial charge in [-0.05, 0) is 23.3 Å². The first-order valence-electron chi connectivity index (χ1n) is 8.40. The van der Waals surface area contributed by atoms with Gasteiger partial charge in [0.2, 0.25) is 0 Å². The molecule has 0 spiro atoms. The molecule has 3 aromatic rings. The van der Waals surface area contributed by atoms with E-state index in [0.29, 0.717) is 0 Å². The van der Waals surface area contributed by atoms with Gasteiger partial charge in [-0.15, -0.1) is 0 Å². The Bertz CT molecular complexity index is 752. The summed E-state index contributed by atoms with van der Waals surface area (Å²) in [7, 11) is 1.66. The van der Waals surface area contributed by atoms with Crippen molar-refractivity contribution in [1.82, 2.24) is 0 Å². The lowest BCUT2D eigenvalue weighted by Crippen LogP contribution is -2.06. The van der Waals surface area contributed by atoms with E-state index in [2.05, 4.69) is 24.3 Å². The quantitative estimate of drug-likeness (QED) is 0.655. The summed E-state index contributed by atoms with van der Waals surface area (Å²) in [6.07, 6.45) is -0.687. The SMILES string of the molecule is COc1ccc(C2O[C@H](c3ccccc3)[C@H](c3ccccc3)O2)cc1. The standard InChI is InChI=1S/C22H20O3/c1-23-19-14-12-18(13-15-19)22-24-20(16-8-4-2-5-9-16)21(25-22)17-10-6-3-7-11-17/h2-15,20-22H,1H3/t20-,21+,22?. The van der Waals surface area contributed by atoms with Gasteiger partial charge in [-0.1, -0.05) is 72.8 Å². The van der Waals surface area contributed by atoms with Gasteiger partial charge in [0.25, 0.3) is 0 Å². The van der Waals surface area contributed by atoms with E-state index in [1.807, 2.05) is 60.7 Å². The maximum atomic E-state index is 6.31. The second-order valence-corrected chi connectivity index (χ2v) is 6.04. The molecule has 126 valence electrons. The molecule has 1 fully saturated rings. The first kappa shape index (κ1) is 15.9. The molecule has 0 N–H and O–H groups in total. The molecule has 3 atom stereocenters. The number of ether oxygens (including phenoxy) is 3. The lowest BCUT2D eigenvalue weighted by atomic mass is 9.99. The van der Waals surface area contributed by atoms with Crippen LogP contribution in [0, 0.1) is 0 Å². The molecule has 3 aromatic carbocycles. The van der Waals surface area contributed by atoms with E-state index in [0.717, 1.165) is 22.4 Å². The van der Waals surface area contributed by atoms with Gasteiger partial charge in [-0.3, -0.25) is 0 Å². The molecule has 3 nitrogen and oxygen atoms in total. The molecular formula is C22H20O3. The van der Waals surface area contributed by atoms with Crippen LogP contribution in [-0.2, 0) is 9.47 Å². The lowest BCUT2D eigenvalue weighted by molar-refractivity contribution is -0.0698. The first-order valence-corrected chi connectivity index (χ1v) is 8.40. The van der Waals surface area contributed by atoms with Crippen molar-refractivity contribution < 1.29 is 14.2 Å². The van der Waals surface area contributed by atoms with E-state index < -0.39 is 6.29 Å². The highest BCUT2D eigenvalue weighted by molar-refractivity contribution is 5.30. The number of rotatable bonds is 4. The van der Waals surface area contributed by atoms with Crippen LogP contribution in [0.3, 0.4) is 0 Å². The number of hydrogen-bond acceptors (Lipinski definition) is 3. The third-order valence-corrected chi connectivity index (χ3v) is 4.46. The molecule has 1 aliphatic rings. The van der Waals surface area contributed by atoms with Crippen LogP contribution in [0.4, 0.5) is 0 Å². The topological polar surface area (TPSA) is 27.7 Å². The van der Waals surface area contributed by atoms with Gasteiger partial charge >= 0.3 is 0 Å². The van der Waals surface area contributed by atoms with Gasteiger partial charge in [0.05, 0.1) is 7.11 Å². The molecule has 4 rings (SSSR count). The van der Waals surface area contributed by atoms with Crippen molar-refractivity contribution >= 4 is 0 Å². The van der Waals surface area contributed by atoms with Crippen LogP contribution in [-0.4, -0.2) is 7.11 Å². The van der Waals surface area contributed by atoms with Crippen molar-refractivity contribution in [3.05, 3.63) is 102 Å². The molecule has 0 amide bonds. The third-order valence-electron chi connectivity index (χ3n) is 4.46. The van der Waals surface area contributed by atoms with Crippen molar-refractivity contribution in [3.8, 4) is 5.75 Å². The summed E-state index contributed by atoms with van der Waals surface area (Å²) in [5.41, 5.74) is 3.22. The van der Waals surface area contributed by atoms with E-state index >= 15 is 0 Å². The molecular weight excluding hydrogens is 312 g/mol.